The third-order valence-corrected chi connectivity index (χ3v) is 5.39. The Labute approximate surface area is 146 Å². The van der Waals surface area contributed by atoms with Crippen LogP contribution < -0.4 is 5.73 Å². The number of aromatic amines is 1. The number of nitrogens with zero attached hydrogens (tertiary/aromatic N) is 3. The number of hydrogen-bond acceptors (Lipinski definition) is 4. The molecule has 25 heavy (non-hydrogen) atoms. The van der Waals surface area contributed by atoms with Gasteiger partial charge in [0.2, 0.25) is 11.8 Å². The Morgan fingerprint density at radius 3 is 2.20 bits per heavy atom. The zero-order valence-electron chi connectivity index (χ0n) is 14.5. The molecule has 136 valence electrons. The molecule has 0 aliphatic carbocycles. The molecule has 0 unspecified atom stereocenters. The molecular formula is C17H25N5O3. The van der Waals surface area contributed by atoms with Crippen LogP contribution in [0.5, 0.6) is 0 Å². The van der Waals surface area contributed by atoms with E-state index in [2.05, 4.69) is 10.2 Å². The first-order valence-electron chi connectivity index (χ1n) is 8.85. The normalized spacial score (nSPS) is 19.9. The summed E-state index contributed by atoms with van der Waals surface area (Å²) in [6.45, 7) is 4.34. The number of primary amides is 1. The second-order valence-corrected chi connectivity index (χ2v) is 6.95. The minimum Gasteiger partial charge on any atom is -0.364 e. The molecule has 3 rings (SSSR count). The maximum absolute atomic E-state index is 12.7. The van der Waals surface area contributed by atoms with Crippen LogP contribution >= 0.6 is 0 Å². The van der Waals surface area contributed by atoms with Crippen LogP contribution in [-0.2, 0) is 9.59 Å². The zero-order valence-corrected chi connectivity index (χ0v) is 14.5. The SMILES string of the molecule is CC(=O)N1CCC(C(=O)N2CCC(c3cc(C(N)=O)n[nH]3)CC2)CC1. The maximum atomic E-state index is 12.7. The highest BCUT2D eigenvalue weighted by Gasteiger charge is 2.32. The van der Waals surface area contributed by atoms with Crippen LogP contribution in [0.3, 0.4) is 0 Å². The minimum absolute atomic E-state index is 0.0285. The molecular weight excluding hydrogens is 322 g/mol. The lowest BCUT2D eigenvalue weighted by atomic mass is 9.90. The number of aromatic nitrogens is 2. The quantitative estimate of drug-likeness (QED) is 0.827. The fourth-order valence-corrected chi connectivity index (χ4v) is 3.78. The number of rotatable bonds is 3. The third kappa shape index (κ3) is 3.83. The van der Waals surface area contributed by atoms with Gasteiger partial charge in [0, 0.05) is 50.6 Å². The van der Waals surface area contributed by atoms with Crippen LogP contribution in [0.1, 0.15) is 54.7 Å². The third-order valence-electron chi connectivity index (χ3n) is 5.39. The molecule has 0 radical (unpaired) electrons. The molecule has 8 heteroatoms. The fraction of sp³-hybridized carbons (Fsp3) is 0.647. The van der Waals surface area contributed by atoms with E-state index in [0.29, 0.717) is 26.2 Å². The number of piperidine rings is 2. The fourth-order valence-electron chi connectivity index (χ4n) is 3.78. The molecule has 0 bridgehead atoms. The smallest absolute Gasteiger partial charge is 0.269 e. The molecule has 2 fully saturated rings. The summed E-state index contributed by atoms with van der Waals surface area (Å²) in [5.41, 5.74) is 6.40. The van der Waals surface area contributed by atoms with Gasteiger partial charge in [-0.2, -0.15) is 5.10 Å². The molecule has 0 aromatic carbocycles. The number of hydrogen-bond donors (Lipinski definition) is 2. The topological polar surface area (TPSA) is 112 Å². The number of carbonyl (C=O) groups excluding carboxylic acids is 3. The standard InChI is InChI=1S/C17H25N5O3/c1-11(23)21-6-4-13(5-7-21)17(25)22-8-2-12(3-9-22)14-10-15(16(18)24)20-19-14/h10,12-13H,2-9H2,1H3,(H2,18,24)(H,19,20). The number of nitrogens with two attached hydrogens (primary N) is 1. The molecule has 0 saturated carbocycles. The van der Waals surface area contributed by atoms with Gasteiger partial charge in [-0.15, -0.1) is 0 Å². The summed E-state index contributed by atoms with van der Waals surface area (Å²) in [6, 6.07) is 1.71. The number of carbonyl (C=O) groups is 3. The Balaban J connectivity index is 1.51. The van der Waals surface area contributed by atoms with Crippen LogP contribution in [0.2, 0.25) is 0 Å². The van der Waals surface area contributed by atoms with Gasteiger partial charge in [0.25, 0.3) is 5.91 Å². The van der Waals surface area contributed by atoms with E-state index in [4.69, 9.17) is 5.73 Å². The second kappa shape index (κ2) is 7.25. The molecule has 2 aliphatic rings. The van der Waals surface area contributed by atoms with E-state index in [1.54, 1.807) is 13.0 Å². The summed E-state index contributed by atoms with van der Waals surface area (Å²) in [5.74, 6) is 0.0580. The molecule has 1 aromatic heterocycles. The predicted octanol–water partition coefficient (Wildman–Crippen LogP) is 0.473. The van der Waals surface area contributed by atoms with Crippen molar-refractivity contribution in [3.05, 3.63) is 17.5 Å². The van der Waals surface area contributed by atoms with Crippen molar-refractivity contribution in [3.8, 4) is 0 Å². The summed E-state index contributed by atoms with van der Waals surface area (Å²) >= 11 is 0. The zero-order chi connectivity index (χ0) is 18.0. The van der Waals surface area contributed by atoms with Crippen molar-refractivity contribution in [1.82, 2.24) is 20.0 Å². The van der Waals surface area contributed by atoms with Gasteiger partial charge in [-0.05, 0) is 31.7 Å². The first-order valence-corrected chi connectivity index (χ1v) is 8.85. The predicted molar refractivity (Wildman–Crippen MR) is 90.6 cm³/mol. The Kier molecular flexibility index (Phi) is 5.06. The van der Waals surface area contributed by atoms with Gasteiger partial charge in [0.15, 0.2) is 0 Å². The van der Waals surface area contributed by atoms with Crippen LogP contribution in [0.25, 0.3) is 0 Å². The van der Waals surface area contributed by atoms with Crippen LogP contribution in [0.4, 0.5) is 0 Å². The Morgan fingerprint density at radius 1 is 1.08 bits per heavy atom. The Bertz CT molecular complexity index is 655. The second-order valence-electron chi connectivity index (χ2n) is 6.95. The number of likely N-dealkylation sites (tertiary alicyclic amines) is 2. The lowest BCUT2D eigenvalue weighted by Crippen LogP contribution is -2.46. The average molecular weight is 347 g/mol. The average Bonchev–Trinajstić information content (AvgIpc) is 3.12. The van der Waals surface area contributed by atoms with Gasteiger partial charge < -0.3 is 15.5 Å². The summed E-state index contributed by atoms with van der Waals surface area (Å²) in [7, 11) is 0. The summed E-state index contributed by atoms with van der Waals surface area (Å²) in [4.78, 5) is 39.0. The van der Waals surface area contributed by atoms with Gasteiger partial charge in [0.05, 0.1) is 0 Å². The van der Waals surface area contributed by atoms with Gasteiger partial charge in [-0.1, -0.05) is 0 Å². The van der Waals surface area contributed by atoms with Gasteiger partial charge in [0.1, 0.15) is 5.69 Å². The molecule has 2 saturated heterocycles. The van der Waals surface area contributed by atoms with Crippen molar-refractivity contribution in [2.24, 2.45) is 11.7 Å². The Hall–Kier alpha value is -2.38. The van der Waals surface area contributed by atoms with E-state index in [9.17, 15) is 14.4 Å². The van der Waals surface area contributed by atoms with E-state index in [-0.39, 0.29) is 29.3 Å². The number of H-pyrrole nitrogens is 1. The van der Waals surface area contributed by atoms with Crippen molar-refractivity contribution < 1.29 is 14.4 Å². The number of nitrogens with one attached hydrogen (secondary N) is 1. The van der Waals surface area contributed by atoms with E-state index >= 15 is 0 Å². The van der Waals surface area contributed by atoms with Gasteiger partial charge in [-0.25, -0.2) is 0 Å². The molecule has 3 heterocycles. The van der Waals surface area contributed by atoms with Crippen molar-refractivity contribution in [2.45, 2.75) is 38.5 Å². The molecule has 2 aliphatic heterocycles. The molecule has 3 N–H and O–H groups in total. The molecule has 1 aromatic rings. The van der Waals surface area contributed by atoms with Crippen molar-refractivity contribution >= 4 is 17.7 Å². The first kappa shape index (κ1) is 17.4. The molecule has 8 nitrogen and oxygen atoms in total. The van der Waals surface area contributed by atoms with Crippen LogP contribution in [0, 0.1) is 5.92 Å². The summed E-state index contributed by atoms with van der Waals surface area (Å²) in [5, 5.41) is 6.82. The lowest BCUT2D eigenvalue weighted by Gasteiger charge is -2.37. The van der Waals surface area contributed by atoms with E-state index in [1.807, 2.05) is 9.80 Å². The van der Waals surface area contributed by atoms with E-state index < -0.39 is 5.91 Å². The molecule has 0 atom stereocenters. The lowest BCUT2D eigenvalue weighted by molar-refractivity contribution is -0.140. The van der Waals surface area contributed by atoms with Gasteiger partial charge in [-0.3, -0.25) is 19.5 Å². The summed E-state index contributed by atoms with van der Waals surface area (Å²) < 4.78 is 0. The van der Waals surface area contributed by atoms with E-state index in [0.717, 1.165) is 31.4 Å². The van der Waals surface area contributed by atoms with Crippen molar-refractivity contribution in [3.63, 3.8) is 0 Å². The highest BCUT2D eigenvalue weighted by molar-refractivity contribution is 5.90. The van der Waals surface area contributed by atoms with Crippen molar-refractivity contribution in [1.29, 1.82) is 0 Å². The molecule has 3 amide bonds. The highest BCUT2D eigenvalue weighted by Crippen LogP contribution is 2.29. The maximum Gasteiger partial charge on any atom is 0.269 e. The molecule has 0 spiro atoms. The van der Waals surface area contributed by atoms with E-state index in [1.165, 1.54) is 0 Å². The number of amides is 3. The minimum atomic E-state index is -0.535. The van der Waals surface area contributed by atoms with Crippen LogP contribution in [0.15, 0.2) is 6.07 Å². The first-order chi connectivity index (χ1) is 12.0. The highest BCUT2D eigenvalue weighted by atomic mass is 16.2. The largest absolute Gasteiger partial charge is 0.364 e. The Morgan fingerprint density at radius 2 is 1.68 bits per heavy atom. The monoisotopic (exact) mass is 347 g/mol. The summed E-state index contributed by atoms with van der Waals surface area (Å²) in [6.07, 6.45) is 3.19. The van der Waals surface area contributed by atoms with Crippen molar-refractivity contribution in [2.75, 3.05) is 26.2 Å². The van der Waals surface area contributed by atoms with Crippen LogP contribution in [-0.4, -0.2) is 63.9 Å². The van der Waals surface area contributed by atoms with Gasteiger partial charge >= 0.3 is 0 Å².